The van der Waals surface area contributed by atoms with Crippen molar-refractivity contribution >= 4 is 28.3 Å². The molecule has 0 aromatic rings. The van der Waals surface area contributed by atoms with E-state index in [9.17, 15) is 0 Å². The molecule has 0 bridgehead atoms. The molecular weight excluding hydrogens is 343 g/mol. The van der Waals surface area contributed by atoms with Gasteiger partial charge < -0.3 is 5.32 Å². The summed E-state index contributed by atoms with van der Waals surface area (Å²) in [7, 11) is 0. The standard InChI is InChI=1S/C9H19NS2.Gd/c1-3-5-7-10-9(11)12-8-6-4-2;/h3-8H2,1-2H3,(H,10,11);. The Kier molecular flexibility index (Phi) is 17.7. The van der Waals surface area contributed by atoms with E-state index in [2.05, 4.69) is 19.2 Å². The molecule has 0 atom stereocenters. The normalized spacial score (nSPS) is 9.08. The average Bonchev–Trinajstić information content (AvgIpc) is 2.06. The van der Waals surface area contributed by atoms with Crippen LogP contribution in [0.5, 0.6) is 0 Å². The first-order chi connectivity index (χ1) is 5.81. The maximum absolute atomic E-state index is 5.13. The molecule has 0 aromatic carbocycles. The van der Waals surface area contributed by atoms with Crippen molar-refractivity contribution in [3.63, 3.8) is 0 Å². The molecule has 0 fully saturated rings. The Morgan fingerprint density at radius 2 is 1.85 bits per heavy atom. The molecule has 0 aliphatic rings. The molecule has 0 amide bonds. The van der Waals surface area contributed by atoms with Crippen molar-refractivity contribution < 1.29 is 39.9 Å². The Morgan fingerprint density at radius 3 is 2.38 bits per heavy atom. The number of thioether (sulfide) groups is 1. The fraction of sp³-hybridized carbons (Fsp3) is 0.889. The Morgan fingerprint density at radius 1 is 1.23 bits per heavy atom. The Bertz CT molecular complexity index is 108. The summed E-state index contributed by atoms with van der Waals surface area (Å²) in [4.78, 5) is 0. The van der Waals surface area contributed by atoms with E-state index < -0.39 is 0 Å². The first kappa shape index (κ1) is 17.0. The molecule has 4 heteroatoms. The number of hydrogen-bond donors (Lipinski definition) is 1. The fourth-order valence-corrected chi connectivity index (χ4v) is 1.90. The first-order valence-corrected chi connectivity index (χ1v) is 6.11. The summed E-state index contributed by atoms with van der Waals surface area (Å²) in [6.07, 6.45) is 4.97. The average molecular weight is 363 g/mol. The zero-order valence-corrected chi connectivity index (χ0v) is 12.3. The van der Waals surface area contributed by atoms with Gasteiger partial charge in [-0.2, -0.15) is 0 Å². The molecule has 0 aliphatic heterocycles. The monoisotopic (exact) mass is 363 g/mol. The van der Waals surface area contributed by atoms with E-state index in [1.807, 2.05) is 0 Å². The second kappa shape index (κ2) is 13.6. The summed E-state index contributed by atoms with van der Waals surface area (Å²) in [5.74, 6) is 1.16. The smallest absolute Gasteiger partial charge is 0.133 e. The summed E-state index contributed by atoms with van der Waals surface area (Å²) in [5, 5.41) is 3.24. The summed E-state index contributed by atoms with van der Waals surface area (Å²) < 4.78 is 0.969. The van der Waals surface area contributed by atoms with E-state index >= 15 is 0 Å². The Hall–Kier alpha value is 1.56. The fourth-order valence-electron chi connectivity index (χ4n) is 0.727. The van der Waals surface area contributed by atoms with E-state index in [1.165, 1.54) is 25.7 Å². The van der Waals surface area contributed by atoms with Gasteiger partial charge in [0.15, 0.2) is 0 Å². The van der Waals surface area contributed by atoms with Gasteiger partial charge in [-0.3, -0.25) is 0 Å². The Balaban J connectivity index is 0. The summed E-state index contributed by atoms with van der Waals surface area (Å²) in [6, 6.07) is 0. The molecule has 0 saturated heterocycles. The zero-order chi connectivity index (χ0) is 9.23. The molecule has 1 nitrogen and oxygen atoms in total. The van der Waals surface area contributed by atoms with Crippen molar-refractivity contribution in [3.8, 4) is 0 Å². The van der Waals surface area contributed by atoms with Crippen molar-refractivity contribution in [3.05, 3.63) is 0 Å². The predicted molar refractivity (Wildman–Crippen MR) is 62.9 cm³/mol. The number of thiocarbonyl (C=S) groups is 1. The minimum atomic E-state index is 0. The van der Waals surface area contributed by atoms with Crippen LogP contribution in [0.4, 0.5) is 0 Å². The van der Waals surface area contributed by atoms with Crippen molar-refractivity contribution in [2.45, 2.75) is 39.5 Å². The van der Waals surface area contributed by atoms with Crippen molar-refractivity contribution in [2.24, 2.45) is 0 Å². The molecule has 80 valence electrons. The topological polar surface area (TPSA) is 12.0 Å². The van der Waals surface area contributed by atoms with Crippen LogP contribution in [0.15, 0.2) is 0 Å². The van der Waals surface area contributed by atoms with Crippen LogP contribution in [-0.4, -0.2) is 16.6 Å². The maximum Gasteiger partial charge on any atom is 0.133 e. The molecule has 0 rings (SSSR count). The molecule has 13 heavy (non-hydrogen) atoms. The van der Waals surface area contributed by atoms with Gasteiger partial charge >= 0.3 is 0 Å². The first-order valence-electron chi connectivity index (χ1n) is 4.71. The van der Waals surface area contributed by atoms with Crippen LogP contribution in [0, 0.1) is 39.9 Å². The summed E-state index contributed by atoms with van der Waals surface area (Å²) >= 11 is 6.90. The second-order valence-electron chi connectivity index (χ2n) is 2.77. The third kappa shape index (κ3) is 13.6. The van der Waals surface area contributed by atoms with Gasteiger partial charge in [0.25, 0.3) is 0 Å². The zero-order valence-electron chi connectivity index (χ0n) is 8.41. The van der Waals surface area contributed by atoms with Gasteiger partial charge in [-0.25, -0.2) is 0 Å². The molecule has 0 heterocycles. The van der Waals surface area contributed by atoms with Gasteiger partial charge in [-0.15, -0.1) is 0 Å². The summed E-state index contributed by atoms with van der Waals surface area (Å²) in [5.41, 5.74) is 0. The van der Waals surface area contributed by atoms with Crippen LogP contribution < -0.4 is 5.32 Å². The van der Waals surface area contributed by atoms with E-state index in [-0.39, 0.29) is 39.9 Å². The van der Waals surface area contributed by atoms with Crippen LogP contribution in [-0.2, 0) is 0 Å². The van der Waals surface area contributed by atoms with Gasteiger partial charge in [-0.05, 0) is 12.8 Å². The van der Waals surface area contributed by atoms with Crippen LogP contribution in [0.2, 0.25) is 0 Å². The molecule has 0 aromatic heterocycles. The molecule has 0 spiro atoms. The van der Waals surface area contributed by atoms with Gasteiger partial charge in [0.2, 0.25) is 0 Å². The Labute approximate surface area is 124 Å². The number of nitrogens with one attached hydrogen (secondary N) is 1. The quantitative estimate of drug-likeness (QED) is 0.576. The van der Waals surface area contributed by atoms with Gasteiger partial charge in [0.05, 0.1) is 0 Å². The van der Waals surface area contributed by atoms with Gasteiger partial charge in [0.1, 0.15) is 4.32 Å². The van der Waals surface area contributed by atoms with Crippen molar-refractivity contribution in [2.75, 3.05) is 12.3 Å². The summed E-state index contributed by atoms with van der Waals surface area (Å²) in [6.45, 7) is 5.43. The molecule has 1 N–H and O–H groups in total. The third-order valence-electron chi connectivity index (χ3n) is 1.53. The largest absolute Gasteiger partial charge is 0.371 e. The SMILES string of the molecule is CCCCNC(=S)SCCCC.[Gd]. The number of rotatable bonds is 6. The minimum absolute atomic E-state index is 0. The van der Waals surface area contributed by atoms with E-state index in [0.717, 1.165) is 16.6 Å². The predicted octanol–water partition coefficient (Wildman–Crippen LogP) is 3.19. The van der Waals surface area contributed by atoms with Crippen LogP contribution in [0.25, 0.3) is 0 Å². The third-order valence-corrected chi connectivity index (χ3v) is 2.93. The molecule has 0 radical (unpaired) electrons. The maximum atomic E-state index is 5.13. The number of unbranched alkanes of at least 4 members (excludes halogenated alkanes) is 2. The van der Waals surface area contributed by atoms with E-state index in [1.54, 1.807) is 11.8 Å². The van der Waals surface area contributed by atoms with Crippen LogP contribution >= 0.6 is 24.0 Å². The molecular formula is C9H19GdNS2. The minimum Gasteiger partial charge on any atom is -0.371 e. The van der Waals surface area contributed by atoms with E-state index in [4.69, 9.17) is 12.2 Å². The van der Waals surface area contributed by atoms with Crippen molar-refractivity contribution in [1.29, 1.82) is 0 Å². The molecule has 0 unspecified atom stereocenters. The number of hydrogen-bond acceptors (Lipinski definition) is 2. The van der Waals surface area contributed by atoms with Crippen molar-refractivity contribution in [1.82, 2.24) is 5.32 Å². The van der Waals surface area contributed by atoms with Crippen LogP contribution in [0.1, 0.15) is 39.5 Å². The van der Waals surface area contributed by atoms with Crippen LogP contribution in [0.3, 0.4) is 0 Å². The van der Waals surface area contributed by atoms with Gasteiger partial charge in [-0.1, -0.05) is 50.7 Å². The van der Waals surface area contributed by atoms with E-state index in [0.29, 0.717) is 0 Å². The second-order valence-corrected chi connectivity index (χ2v) is 4.54. The molecule has 0 aliphatic carbocycles. The molecule has 0 saturated carbocycles. The van der Waals surface area contributed by atoms with Gasteiger partial charge in [0, 0.05) is 52.2 Å².